The zero-order chi connectivity index (χ0) is 13.9. The van der Waals surface area contributed by atoms with Gasteiger partial charge in [-0.2, -0.15) is 0 Å². The summed E-state index contributed by atoms with van der Waals surface area (Å²) in [6, 6.07) is 8.89. The Bertz CT molecular complexity index is 667. The lowest BCUT2D eigenvalue weighted by atomic mass is 10.3. The number of sulfonamides is 1. The van der Waals surface area contributed by atoms with Crippen molar-refractivity contribution in [2.75, 3.05) is 12.4 Å². The minimum Gasteiger partial charge on any atom is -0.446 e. The molecule has 0 radical (unpaired) electrons. The van der Waals surface area contributed by atoms with Crippen molar-refractivity contribution >= 4 is 15.7 Å². The van der Waals surface area contributed by atoms with Gasteiger partial charge in [0.15, 0.2) is 0 Å². The predicted octanol–water partition coefficient (Wildman–Crippen LogP) is 1.94. The van der Waals surface area contributed by atoms with Gasteiger partial charge in [0.1, 0.15) is 11.6 Å². The highest BCUT2D eigenvalue weighted by Crippen LogP contribution is 2.15. The normalized spacial score (nSPS) is 11.5. The molecule has 0 fully saturated rings. The van der Waals surface area contributed by atoms with E-state index in [0.717, 1.165) is 0 Å². The molecule has 1 aromatic carbocycles. The van der Waals surface area contributed by atoms with Crippen molar-refractivity contribution in [3.05, 3.63) is 48.0 Å². The lowest BCUT2D eigenvalue weighted by Gasteiger charge is -2.04. The van der Waals surface area contributed by atoms with Crippen molar-refractivity contribution in [1.82, 2.24) is 4.72 Å². The molecule has 0 spiro atoms. The first-order chi connectivity index (χ1) is 9.01. The molecule has 1 aromatic heterocycles. The molecule has 0 saturated heterocycles. The van der Waals surface area contributed by atoms with Crippen molar-refractivity contribution in [3.63, 3.8) is 0 Å². The maximum atomic E-state index is 12.9. The topological polar surface area (TPSA) is 71.3 Å². The van der Waals surface area contributed by atoms with Crippen LogP contribution in [0.15, 0.2) is 45.9 Å². The molecule has 19 heavy (non-hydrogen) atoms. The highest BCUT2D eigenvalue weighted by atomic mass is 32.2. The molecule has 102 valence electrons. The summed E-state index contributed by atoms with van der Waals surface area (Å²) in [5, 5.41) is 2.79. The van der Waals surface area contributed by atoms with Crippen LogP contribution >= 0.6 is 0 Å². The third kappa shape index (κ3) is 3.33. The Labute approximate surface area is 110 Å². The number of nitrogens with one attached hydrogen (secondary N) is 2. The van der Waals surface area contributed by atoms with E-state index in [1.807, 2.05) is 0 Å². The summed E-state index contributed by atoms with van der Waals surface area (Å²) < 4.78 is 43.2. The van der Waals surface area contributed by atoms with Crippen molar-refractivity contribution in [2.45, 2.75) is 11.6 Å². The third-order valence-electron chi connectivity index (χ3n) is 2.46. The molecule has 2 aromatic rings. The second-order valence-corrected chi connectivity index (χ2v) is 5.61. The van der Waals surface area contributed by atoms with Crippen LogP contribution in [-0.4, -0.2) is 15.5 Å². The maximum Gasteiger partial charge on any atom is 0.273 e. The van der Waals surface area contributed by atoms with Crippen LogP contribution in [0.5, 0.6) is 0 Å². The first-order valence-corrected chi connectivity index (χ1v) is 7.01. The van der Waals surface area contributed by atoms with Gasteiger partial charge in [-0.05, 0) is 37.4 Å². The van der Waals surface area contributed by atoms with Gasteiger partial charge in [-0.25, -0.2) is 17.5 Å². The number of anilines is 1. The van der Waals surface area contributed by atoms with E-state index in [9.17, 15) is 12.8 Å². The maximum absolute atomic E-state index is 12.9. The molecule has 2 N–H and O–H groups in total. The Hall–Kier alpha value is -1.86. The Morgan fingerprint density at radius 1 is 1.26 bits per heavy atom. The second kappa shape index (κ2) is 5.41. The monoisotopic (exact) mass is 284 g/mol. The number of hydrogen-bond acceptors (Lipinski definition) is 4. The first kappa shape index (κ1) is 13.6. The molecule has 0 unspecified atom stereocenters. The van der Waals surface area contributed by atoms with Crippen molar-refractivity contribution in [1.29, 1.82) is 0 Å². The zero-order valence-electron chi connectivity index (χ0n) is 10.2. The van der Waals surface area contributed by atoms with Gasteiger partial charge in [0.2, 0.25) is 5.09 Å². The molecule has 0 aliphatic heterocycles. The molecule has 0 aliphatic carbocycles. The number of hydrogen-bond donors (Lipinski definition) is 2. The number of rotatable bonds is 5. The summed E-state index contributed by atoms with van der Waals surface area (Å²) in [7, 11) is -2.26. The average molecular weight is 284 g/mol. The van der Waals surface area contributed by atoms with Crippen LogP contribution in [0.3, 0.4) is 0 Å². The van der Waals surface area contributed by atoms with Gasteiger partial charge < -0.3 is 9.73 Å². The quantitative estimate of drug-likeness (QED) is 0.880. The van der Waals surface area contributed by atoms with E-state index in [-0.39, 0.29) is 17.5 Å². The van der Waals surface area contributed by atoms with E-state index in [1.54, 1.807) is 18.2 Å². The lowest BCUT2D eigenvalue weighted by molar-refractivity contribution is 0.417. The van der Waals surface area contributed by atoms with E-state index >= 15 is 0 Å². The molecule has 0 bridgehead atoms. The summed E-state index contributed by atoms with van der Waals surface area (Å²) in [4.78, 5) is 0. The summed E-state index contributed by atoms with van der Waals surface area (Å²) in [6.45, 7) is 0.267. The van der Waals surface area contributed by atoms with Crippen LogP contribution in [0.1, 0.15) is 5.76 Å². The van der Waals surface area contributed by atoms with Gasteiger partial charge in [-0.15, -0.1) is 0 Å². The summed E-state index contributed by atoms with van der Waals surface area (Å²) in [6.07, 6.45) is 0. The minimum atomic E-state index is -3.57. The molecule has 1 heterocycles. The predicted molar refractivity (Wildman–Crippen MR) is 68.7 cm³/mol. The van der Waals surface area contributed by atoms with E-state index in [4.69, 9.17) is 4.42 Å². The Morgan fingerprint density at radius 3 is 2.74 bits per heavy atom. The lowest BCUT2D eigenvalue weighted by Crippen LogP contribution is -2.17. The van der Waals surface area contributed by atoms with Crippen LogP contribution in [0.4, 0.5) is 10.1 Å². The van der Waals surface area contributed by atoms with Gasteiger partial charge in [0, 0.05) is 5.69 Å². The fourth-order valence-electron chi connectivity index (χ4n) is 1.49. The van der Waals surface area contributed by atoms with Crippen molar-refractivity contribution < 1.29 is 17.2 Å². The molecule has 0 saturated carbocycles. The van der Waals surface area contributed by atoms with Gasteiger partial charge in [0.05, 0.1) is 6.54 Å². The fraction of sp³-hybridized carbons (Fsp3) is 0.167. The Morgan fingerprint density at radius 2 is 2.05 bits per heavy atom. The van der Waals surface area contributed by atoms with Gasteiger partial charge >= 0.3 is 0 Å². The first-order valence-electron chi connectivity index (χ1n) is 5.53. The molecule has 0 aliphatic rings. The van der Waals surface area contributed by atoms with Crippen molar-refractivity contribution in [3.8, 4) is 0 Å². The van der Waals surface area contributed by atoms with Crippen LogP contribution in [0, 0.1) is 5.82 Å². The van der Waals surface area contributed by atoms with Gasteiger partial charge in [-0.3, -0.25) is 0 Å². The highest BCUT2D eigenvalue weighted by molar-refractivity contribution is 7.89. The summed E-state index contributed by atoms with van der Waals surface area (Å²) in [5.74, 6) is 0.0981. The van der Waals surface area contributed by atoms with Crippen LogP contribution in [-0.2, 0) is 16.6 Å². The van der Waals surface area contributed by atoms with Crippen molar-refractivity contribution in [2.24, 2.45) is 0 Å². The standard InChI is InChI=1S/C12H13FN2O3S/c1-14-19(16,17)12-6-5-11(18-12)8-15-10-4-2-3-9(13)7-10/h2-7,14-15H,8H2,1H3. The van der Waals surface area contributed by atoms with E-state index in [0.29, 0.717) is 11.4 Å². The zero-order valence-corrected chi connectivity index (χ0v) is 11.0. The van der Waals surface area contributed by atoms with Crippen LogP contribution in [0.25, 0.3) is 0 Å². The largest absolute Gasteiger partial charge is 0.446 e. The van der Waals surface area contributed by atoms with Gasteiger partial charge in [-0.1, -0.05) is 6.07 Å². The number of halogens is 1. The molecule has 5 nitrogen and oxygen atoms in total. The van der Waals surface area contributed by atoms with Gasteiger partial charge in [0.25, 0.3) is 10.0 Å². The van der Waals surface area contributed by atoms with E-state index in [2.05, 4.69) is 10.0 Å². The minimum absolute atomic E-state index is 0.147. The number of furan rings is 1. The SMILES string of the molecule is CNS(=O)(=O)c1ccc(CNc2cccc(F)c2)o1. The summed E-state index contributed by atoms with van der Waals surface area (Å²) >= 11 is 0. The Balaban J connectivity index is 2.05. The third-order valence-corrected chi connectivity index (χ3v) is 3.75. The molecule has 0 amide bonds. The average Bonchev–Trinajstić information content (AvgIpc) is 2.86. The smallest absolute Gasteiger partial charge is 0.273 e. The second-order valence-electron chi connectivity index (χ2n) is 3.79. The van der Waals surface area contributed by atoms with E-state index in [1.165, 1.54) is 25.2 Å². The molecule has 7 heteroatoms. The van der Waals surface area contributed by atoms with E-state index < -0.39 is 10.0 Å². The number of benzene rings is 1. The molecular formula is C12H13FN2O3S. The van der Waals surface area contributed by atoms with Crippen LogP contribution < -0.4 is 10.0 Å². The summed E-state index contributed by atoms with van der Waals surface area (Å²) in [5.41, 5.74) is 0.592. The highest BCUT2D eigenvalue weighted by Gasteiger charge is 2.16. The molecular weight excluding hydrogens is 271 g/mol. The van der Waals surface area contributed by atoms with Crippen LogP contribution in [0.2, 0.25) is 0 Å². The molecule has 2 rings (SSSR count). The Kier molecular flexibility index (Phi) is 3.87. The molecule has 0 atom stereocenters. The fourth-order valence-corrected chi connectivity index (χ4v) is 2.15.